The highest BCUT2D eigenvalue weighted by Gasteiger charge is 2.43. The Morgan fingerprint density at radius 3 is 1.90 bits per heavy atom. The molecule has 3 N–H and O–H groups in total. The van der Waals surface area contributed by atoms with Gasteiger partial charge in [-0.3, -0.25) is 0 Å². The zero-order chi connectivity index (χ0) is 29.2. The minimum Gasteiger partial charge on any atom is -0.530 e. The van der Waals surface area contributed by atoms with Crippen molar-refractivity contribution in [3.05, 3.63) is 70.2 Å². The predicted molar refractivity (Wildman–Crippen MR) is 174 cm³/mol. The first kappa shape index (κ1) is 31.5. The first-order valence-electron chi connectivity index (χ1n) is 15.7. The normalized spacial score (nSPS) is 13.2. The lowest BCUT2D eigenvalue weighted by atomic mass is 9.68. The Morgan fingerprint density at radius 1 is 0.707 bits per heavy atom. The Bertz CT molecular complexity index is 1260. The van der Waals surface area contributed by atoms with E-state index in [2.05, 4.69) is 60.1 Å². The van der Waals surface area contributed by atoms with Crippen molar-refractivity contribution >= 4 is 28.5 Å². The molecule has 0 amide bonds. The second-order valence-electron chi connectivity index (χ2n) is 11.7. The Morgan fingerprint density at radius 2 is 1.27 bits per heavy atom. The number of fused-ring (bicyclic) bond motifs is 3. The summed E-state index contributed by atoms with van der Waals surface area (Å²) >= 11 is 3.77. The molecule has 220 valence electrons. The minimum atomic E-state index is -1.27. The van der Waals surface area contributed by atoms with Gasteiger partial charge >= 0.3 is 7.12 Å². The lowest BCUT2D eigenvalue weighted by Crippen LogP contribution is -2.38. The topological polar surface area (TPSA) is 69.9 Å². The van der Waals surface area contributed by atoms with Crippen molar-refractivity contribution in [1.29, 1.82) is 0 Å². The molecule has 3 aromatic carbocycles. The van der Waals surface area contributed by atoms with Gasteiger partial charge in [0.1, 0.15) is 5.75 Å². The maximum atomic E-state index is 11.1. The number of phenolic OH excluding ortho intramolecular Hbond substituents is 2. The van der Waals surface area contributed by atoms with Crippen molar-refractivity contribution in [2.75, 3.05) is 0 Å². The summed E-state index contributed by atoms with van der Waals surface area (Å²) < 4.78 is 6.85. The number of hydrogen-bond acceptors (Lipinski definition) is 4. The molecular formula is C35H46BBrO4. The van der Waals surface area contributed by atoms with E-state index in [9.17, 15) is 15.2 Å². The Balaban J connectivity index is 1.67. The van der Waals surface area contributed by atoms with Crippen molar-refractivity contribution in [3.8, 4) is 28.4 Å². The second kappa shape index (κ2) is 15.2. The second-order valence-corrected chi connectivity index (χ2v) is 12.6. The van der Waals surface area contributed by atoms with E-state index in [4.69, 9.17) is 4.65 Å². The van der Waals surface area contributed by atoms with Gasteiger partial charge in [0, 0.05) is 9.89 Å². The number of para-hydroxylation sites is 1. The molecule has 0 aliphatic heterocycles. The van der Waals surface area contributed by atoms with Gasteiger partial charge in [-0.05, 0) is 64.8 Å². The van der Waals surface area contributed by atoms with Crippen LogP contribution in [0.2, 0.25) is 0 Å². The van der Waals surface area contributed by atoms with Crippen LogP contribution in [-0.4, -0.2) is 22.4 Å². The molecule has 0 aromatic heterocycles. The van der Waals surface area contributed by atoms with Crippen LogP contribution in [0.15, 0.2) is 59.1 Å². The van der Waals surface area contributed by atoms with Crippen LogP contribution in [0.5, 0.6) is 17.2 Å². The van der Waals surface area contributed by atoms with Crippen molar-refractivity contribution in [2.45, 2.75) is 109 Å². The largest absolute Gasteiger partial charge is 0.560 e. The van der Waals surface area contributed by atoms with E-state index < -0.39 is 7.12 Å². The molecule has 0 unspecified atom stereocenters. The number of halogens is 1. The zero-order valence-electron chi connectivity index (χ0n) is 24.8. The number of aromatic hydroxyl groups is 2. The lowest BCUT2D eigenvalue weighted by molar-refractivity contribution is 0.370. The van der Waals surface area contributed by atoms with Gasteiger partial charge in [-0.25, -0.2) is 0 Å². The molecule has 41 heavy (non-hydrogen) atoms. The van der Waals surface area contributed by atoms with Gasteiger partial charge in [-0.1, -0.05) is 137 Å². The molecule has 6 heteroatoms. The predicted octanol–water partition coefficient (Wildman–Crippen LogP) is 9.39. The van der Waals surface area contributed by atoms with Crippen LogP contribution in [0.4, 0.5) is 0 Å². The van der Waals surface area contributed by atoms with E-state index in [1.807, 2.05) is 6.07 Å². The van der Waals surface area contributed by atoms with Gasteiger partial charge in [-0.15, -0.1) is 0 Å². The molecule has 0 heterocycles. The van der Waals surface area contributed by atoms with Gasteiger partial charge in [0.05, 0.1) is 0 Å². The fraction of sp³-hybridized carbons (Fsp3) is 0.486. The molecule has 3 aromatic rings. The molecule has 0 fully saturated rings. The molecule has 0 saturated heterocycles. The fourth-order valence-electron chi connectivity index (χ4n) is 6.51. The summed E-state index contributed by atoms with van der Waals surface area (Å²) in [6.07, 6.45) is 17.2. The van der Waals surface area contributed by atoms with Gasteiger partial charge in [0.2, 0.25) is 0 Å². The molecule has 1 aliphatic rings. The van der Waals surface area contributed by atoms with E-state index >= 15 is 0 Å². The molecule has 0 bridgehead atoms. The zero-order valence-corrected chi connectivity index (χ0v) is 26.4. The summed E-state index contributed by atoms with van der Waals surface area (Å²) in [4.78, 5) is 0. The molecular weight excluding hydrogens is 575 g/mol. The lowest BCUT2D eigenvalue weighted by Gasteiger charge is -2.33. The van der Waals surface area contributed by atoms with Crippen molar-refractivity contribution < 1.29 is 19.9 Å². The van der Waals surface area contributed by atoms with E-state index in [0.29, 0.717) is 5.46 Å². The Kier molecular flexibility index (Phi) is 11.6. The maximum Gasteiger partial charge on any atom is 0.560 e. The number of rotatable bonds is 17. The highest BCUT2D eigenvalue weighted by Crippen LogP contribution is 2.54. The quantitative estimate of drug-likeness (QED) is 0.0798. The van der Waals surface area contributed by atoms with Crippen molar-refractivity contribution in [1.82, 2.24) is 0 Å². The molecule has 4 nitrogen and oxygen atoms in total. The van der Waals surface area contributed by atoms with E-state index in [-0.39, 0.29) is 22.7 Å². The van der Waals surface area contributed by atoms with Gasteiger partial charge < -0.3 is 19.9 Å². The summed E-state index contributed by atoms with van der Waals surface area (Å²) in [5.41, 5.74) is 5.71. The maximum absolute atomic E-state index is 11.1. The van der Waals surface area contributed by atoms with Crippen LogP contribution in [0.25, 0.3) is 11.1 Å². The van der Waals surface area contributed by atoms with Crippen LogP contribution in [0.3, 0.4) is 0 Å². The third kappa shape index (κ3) is 7.51. The van der Waals surface area contributed by atoms with Gasteiger partial charge in [-0.2, -0.15) is 0 Å². The van der Waals surface area contributed by atoms with E-state index in [0.717, 1.165) is 17.3 Å². The highest BCUT2D eigenvalue weighted by atomic mass is 79.9. The molecule has 0 spiro atoms. The van der Waals surface area contributed by atoms with Crippen LogP contribution in [0, 0.1) is 0 Å². The molecule has 4 rings (SSSR count). The third-order valence-corrected chi connectivity index (χ3v) is 9.26. The molecule has 0 radical (unpaired) electrons. The monoisotopic (exact) mass is 620 g/mol. The number of hydrogen-bond donors (Lipinski definition) is 3. The third-order valence-electron chi connectivity index (χ3n) is 8.76. The summed E-state index contributed by atoms with van der Waals surface area (Å²) in [5, 5.41) is 31.2. The van der Waals surface area contributed by atoms with Gasteiger partial charge in [0.15, 0.2) is 11.5 Å². The average molecular weight is 621 g/mol. The summed E-state index contributed by atoms with van der Waals surface area (Å²) in [6.45, 7) is 4.52. The van der Waals surface area contributed by atoms with E-state index in [1.54, 1.807) is 12.1 Å². The highest BCUT2D eigenvalue weighted by molar-refractivity contribution is 9.10. The van der Waals surface area contributed by atoms with Crippen molar-refractivity contribution in [2.24, 2.45) is 0 Å². The summed E-state index contributed by atoms with van der Waals surface area (Å²) in [5.74, 6) is -0.595. The fourth-order valence-corrected chi connectivity index (χ4v) is 6.87. The first-order chi connectivity index (χ1) is 19.9. The van der Waals surface area contributed by atoms with Crippen LogP contribution in [-0.2, 0) is 5.41 Å². The van der Waals surface area contributed by atoms with Crippen LogP contribution < -0.4 is 10.1 Å². The Labute approximate surface area is 255 Å². The van der Waals surface area contributed by atoms with Crippen LogP contribution >= 0.6 is 15.9 Å². The number of unbranched alkanes of at least 4 members (excludes halogenated alkanes) is 10. The molecule has 1 aliphatic carbocycles. The smallest absolute Gasteiger partial charge is 0.530 e. The SMILES string of the molecule is CCCCCCCCC1(CCCCCCCC)c2cc(Br)ccc2-c2ccc(B(O)Oc3cccc(O)c3O)cc21. The first-order valence-corrected chi connectivity index (χ1v) is 16.5. The number of phenols is 2. The summed E-state index contributed by atoms with van der Waals surface area (Å²) in [7, 11) is -1.27. The minimum absolute atomic E-state index is 0.0515. The standard InChI is InChI=1S/C35H46BBrO4/c1-3-5-7-9-11-13-22-35(23-14-12-10-8-6-4-2)30-24-26(36(40)41-33-17-15-16-32(38)34(33)39)18-20-28(30)29-21-19-27(37)25-31(29)35/h15-21,24-25,38-40H,3-14,22-23H2,1-2H3. The van der Waals surface area contributed by atoms with Crippen molar-refractivity contribution in [3.63, 3.8) is 0 Å². The number of benzene rings is 3. The Hall–Kier alpha value is -2.44. The van der Waals surface area contributed by atoms with Gasteiger partial charge in [0.25, 0.3) is 0 Å². The molecule has 0 saturated carbocycles. The van der Waals surface area contributed by atoms with E-state index in [1.165, 1.54) is 105 Å². The molecule has 0 atom stereocenters. The van der Waals surface area contributed by atoms with Crippen LogP contribution in [0.1, 0.15) is 115 Å². The average Bonchev–Trinajstić information content (AvgIpc) is 3.23. The summed E-state index contributed by atoms with van der Waals surface area (Å²) in [6, 6.07) is 17.4.